The fraction of sp³-hybridized carbons (Fsp3) is 0.174. The first-order chi connectivity index (χ1) is 17.6. The SMILES string of the molecule is COCCOc1ccc(F)c(F)c1COc1cc(-n2c(=O)[nH]c3csc(C(=O)O)c3c2=O)c(F)cc1F. The van der Waals surface area contributed by atoms with E-state index in [1.165, 1.54) is 12.5 Å². The van der Waals surface area contributed by atoms with Crippen LogP contribution in [0.2, 0.25) is 0 Å². The molecule has 0 unspecified atom stereocenters. The average Bonchev–Trinajstić information content (AvgIpc) is 3.27. The number of carboxylic acid groups (broad SMARTS) is 1. The number of hydrogen-bond acceptors (Lipinski definition) is 7. The van der Waals surface area contributed by atoms with Gasteiger partial charge in [-0.15, -0.1) is 11.3 Å². The summed E-state index contributed by atoms with van der Waals surface area (Å²) in [4.78, 5) is 38.9. The van der Waals surface area contributed by atoms with Crippen LogP contribution in [0.4, 0.5) is 17.6 Å². The number of benzene rings is 2. The lowest BCUT2D eigenvalue weighted by molar-refractivity contribution is 0.0704. The number of carboxylic acids is 1. The molecule has 0 radical (unpaired) electrons. The van der Waals surface area contributed by atoms with Gasteiger partial charge in [0, 0.05) is 24.6 Å². The highest BCUT2D eigenvalue weighted by Gasteiger charge is 2.23. The van der Waals surface area contributed by atoms with Gasteiger partial charge < -0.3 is 24.3 Å². The van der Waals surface area contributed by atoms with Gasteiger partial charge in [-0.1, -0.05) is 0 Å². The van der Waals surface area contributed by atoms with Crippen molar-refractivity contribution in [1.29, 1.82) is 0 Å². The number of aromatic carboxylic acids is 1. The minimum atomic E-state index is -1.44. The van der Waals surface area contributed by atoms with E-state index >= 15 is 0 Å². The first-order valence-electron chi connectivity index (χ1n) is 10.3. The summed E-state index contributed by atoms with van der Waals surface area (Å²) in [6.07, 6.45) is 0. The molecule has 0 aliphatic heterocycles. The Morgan fingerprint density at radius 1 is 1.03 bits per heavy atom. The molecular formula is C23H16F4N2O7S. The van der Waals surface area contributed by atoms with Crippen molar-refractivity contribution in [2.45, 2.75) is 6.61 Å². The second-order valence-corrected chi connectivity index (χ2v) is 8.31. The quantitative estimate of drug-likeness (QED) is 0.246. The molecule has 14 heteroatoms. The smallest absolute Gasteiger partial charge is 0.346 e. The third-order valence-electron chi connectivity index (χ3n) is 5.16. The number of H-pyrrole nitrogens is 1. The van der Waals surface area contributed by atoms with Crippen LogP contribution in [0.3, 0.4) is 0 Å². The summed E-state index contributed by atoms with van der Waals surface area (Å²) in [6, 6.07) is 2.95. The van der Waals surface area contributed by atoms with Crippen molar-refractivity contribution in [2.75, 3.05) is 20.3 Å². The van der Waals surface area contributed by atoms with Crippen molar-refractivity contribution in [3.63, 3.8) is 0 Å². The molecule has 2 aromatic carbocycles. The number of fused-ring (bicyclic) bond motifs is 1. The Kier molecular flexibility index (Phi) is 7.31. The number of ether oxygens (including phenoxy) is 3. The Morgan fingerprint density at radius 3 is 2.49 bits per heavy atom. The number of halogens is 4. The molecule has 2 N–H and O–H groups in total. The van der Waals surface area contributed by atoms with Gasteiger partial charge in [-0.25, -0.2) is 31.7 Å². The maximum Gasteiger partial charge on any atom is 0.346 e. The summed E-state index contributed by atoms with van der Waals surface area (Å²) < 4.78 is 73.2. The van der Waals surface area contributed by atoms with Crippen LogP contribution in [0.1, 0.15) is 15.2 Å². The summed E-state index contributed by atoms with van der Waals surface area (Å²) in [5, 5.41) is 10.2. The average molecular weight is 540 g/mol. The Labute approximate surface area is 208 Å². The standard InChI is InChI=1S/C23H16F4N2O7S/c1-34-4-5-35-16-3-2-11(24)19(27)10(16)8-36-17-7-15(12(25)6-13(17)26)29-21(30)18-14(28-23(29)33)9-37-20(18)22(31)32/h2-3,6-7,9H,4-5,8H2,1H3,(H,28,33)(H,31,32). The monoisotopic (exact) mass is 540 g/mol. The predicted molar refractivity (Wildman–Crippen MR) is 123 cm³/mol. The Bertz CT molecular complexity index is 1630. The number of rotatable bonds is 9. The van der Waals surface area contributed by atoms with Crippen molar-refractivity contribution < 1.29 is 41.7 Å². The minimum absolute atomic E-state index is 0.0152. The van der Waals surface area contributed by atoms with Crippen LogP contribution in [0, 0.1) is 23.3 Å². The number of carbonyl (C=O) groups is 1. The van der Waals surface area contributed by atoms with Gasteiger partial charge in [0.15, 0.2) is 29.0 Å². The maximum atomic E-state index is 14.7. The molecule has 9 nitrogen and oxygen atoms in total. The molecule has 37 heavy (non-hydrogen) atoms. The molecule has 194 valence electrons. The van der Waals surface area contributed by atoms with E-state index < -0.39 is 69.0 Å². The van der Waals surface area contributed by atoms with E-state index in [1.54, 1.807) is 0 Å². The Balaban J connectivity index is 1.76. The Hall–Kier alpha value is -4.17. The fourth-order valence-corrected chi connectivity index (χ4v) is 4.27. The second kappa shape index (κ2) is 10.4. The molecule has 0 saturated carbocycles. The first kappa shape index (κ1) is 25.9. The zero-order valence-corrected chi connectivity index (χ0v) is 19.6. The highest BCUT2D eigenvalue weighted by Crippen LogP contribution is 2.29. The number of aromatic nitrogens is 2. The molecule has 0 aliphatic carbocycles. The van der Waals surface area contributed by atoms with E-state index in [9.17, 15) is 37.1 Å². The molecule has 0 atom stereocenters. The molecule has 0 fully saturated rings. The summed E-state index contributed by atoms with van der Waals surface area (Å²) in [7, 11) is 1.41. The van der Waals surface area contributed by atoms with Crippen LogP contribution in [0.15, 0.2) is 39.2 Å². The van der Waals surface area contributed by atoms with Crippen LogP contribution in [-0.4, -0.2) is 41.0 Å². The van der Waals surface area contributed by atoms with Crippen molar-refractivity contribution in [1.82, 2.24) is 9.55 Å². The van der Waals surface area contributed by atoms with Crippen molar-refractivity contribution in [3.8, 4) is 17.2 Å². The van der Waals surface area contributed by atoms with Crippen LogP contribution in [0.5, 0.6) is 11.5 Å². The molecule has 2 aromatic heterocycles. The molecule has 0 amide bonds. The van der Waals surface area contributed by atoms with Gasteiger partial charge in [-0.2, -0.15) is 0 Å². The predicted octanol–water partition coefficient (Wildman–Crippen LogP) is 3.60. The fourth-order valence-electron chi connectivity index (χ4n) is 3.44. The summed E-state index contributed by atoms with van der Waals surface area (Å²) in [6.45, 7) is -0.652. The van der Waals surface area contributed by atoms with Gasteiger partial charge in [0.2, 0.25) is 0 Å². The van der Waals surface area contributed by atoms with Gasteiger partial charge in [-0.3, -0.25) is 4.79 Å². The third-order valence-corrected chi connectivity index (χ3v) is 6.13. The highest BCUT2D eigenvalue weighted by atomic mass is 32.1. The highest BCUT2D eigenvalue weighted by molar-refractivity contribution is 7.13. The number of thiophene rings is 1. The largest absolute Gasteiger partial charge is 0.491 e. The summed E-state index contributed by atoms with van der Waals surface area (Å²) >= 11 is 0.677. The molecule has 0 saturated heterocycles. The third kappa shape index (κ3) is 4.93. The van der Waals surface area contributed by atoms with Gasteiger partial charge >= 0.3 is 11.7 Å². The van der Waals surface area contributed by atoms with Crippen molar-refractivity contribution in [3.05, 3.63) is 84.2 Å². The summed E-state index contributed by atoms with van der Waals surface area (Å²) in [5.74, 6) is -7.44. The topological polar surface area (TPSA) is 120 Å². The van der Waals surface area contributed by atoms with Crippen molar-refractivity contribution >= 4 is 28.2 Å². The van der Waals surface area contributed by atoms with E-state index in [-0.39, 0.29) is 34.4 Å². The van der Waals surface area contributed by atoms with Crippen LogP contribution < -0.4 is 20.7 Å². The molecule has 4 aromatic rings. The number of nitrogens with one attached hydrogen (secondary N) is 1. The number of hydrogen-bond donors (Lipinski definition) is 2. The van der Waals surface area contributed by atoms with Crippen LogP contribution in [-0.2, 0) is 11.3 Å². The Morgan fingerprint density at radius 2 is 1.78 bits per heavy atom. The van der Waals surface area contributed by atoms with Crippen molar-refractivity contribution in [2.24, 2.45) is 0 Å². The van der Waals surface area contributed by atoms with Crippen LogP contribution in [0.25, 0.3) is 16.6 Å². The van der Waals surface area contributed by atoms with E-state index in [0.29, 0.717) is 23.5 Å². The van der Waals surface area contributed by atoms with Crippen LogP contribution >= 0.6 is 11.3 Å². The van der Waals surface area contributed by atoms with Gasteiger partial charge in [0.25, 0.3) is 5.56 Å². The minimum Gasteiger partial charge on any atom is -0.491 e. The lowest BCUT2D eigenvalue weighted by Gasteiger charge is -2.15. The molecule has 2 heterocycles. The number of aromatic amines is 1. The first-order valence-corrected chi connectivity index (χ1v) is 11.2. The molecule has 0 aliphatic rings. The number of nitrogens with zero attached hydrogens (tertiary/aromatic N) is 1. The normalized spacial score (nSPS) is 11.2. The van der Waals surface area contributed by atoms with Gasteiger partial charge in [0.1, 0.15) is 23.8 Å². The molecule has 0 bridgehead atoms. The van der Waals surface area contributed by atoms with E-state index in [2.05, 4.69) is 4.98 Å². The van der Waals surface area contributed by atoms with E-state index in [1.807, 2.05) is 0 Å². The molecular weight excluding hydrogens is 524 g/mol. The lowest BCUT2D eigenvalue weighted by Crippen LogP contribution is -2.34. The number of methoxy groups -OCH3 is 1. The van der Waals surface area contributed by atoms with E-state index in [4.69, 9.17) is 14.2 Å². The van der Waals surface area contributed by atoms with E-state index in [0.717, 1.165) is 12.1 Å². The molecule has 4 rings (SSSR count). The van der Waals surface area contributed by atoms with Gasteiger partial charge in [0.05, 0.1) is 28.8 Å². The maximum absolute atomic E-state index is 14.7. The zero-order valence-electron chi connectivity index (χ0n) is 18.8. The lowest BCUT2D eigenvalue weighted by atomic mass is 10.2. The van der Waals surface area contributed by atoms with Gasteiger partial charge in [-0.05, 0) is 12.1 Å². The molecule has 0 spiro atoms. The summed E-state index contributed by atoms with van der Waals surface area (Å²) in [5.41, 5.74) is -3.55. The zero-order chi connectivity index (χ0) is 26.9. The second-order valence-electron chi connectivity index (χ2n) is 7.43.